The predicted molar refractivity (Wildman–Crippen MR) is 65.8 cm³/mol. The second kappa shape index (κ2) is 8.36. The maximum absolute atomic E-state index is 11.4. The summed E-state index contributed by atoms with van der Waals surface area (Å²) in [5.74, 6) is 1.35. The van der Waals surface area contributed by atoms with E-state index in [0.29, 0.717) is 18.3 Å². The third kappa shape index (κ3) is 9.15. The highest BCUT2D eigenvalue weighted by atomic mass is 35.5. The van der Waals surface area contributed by atoms with Crippen LogP contribution in [0.5, 0.6) is 0 Å². The molecule has 0 fully saturated rings. The van der Waals surface area contributed by atoms with Gasteiger partial charge in [0.05, 0.1) is 5.75 Å². The summed E-state index contributed by atoms with van der Waals surface area (Å²) < 4.78 is 25.3. The van der Waals surface area contributed by atoms with E-state index in [1.165, 1.54) is 0 Å². The Labute approximate surface area is 98.6 Å². The lowest BCUT2D eigenvalue weighted by atomic mass is 10.1. The summed E-state index contributed by atoms with van der Waals surface area (Å²) in [7, 11) is -3.03. The Kier molecular flexibility index (Phi) is 8.47. The minimum Gasteiger partial charge on any atom is -0.215 e. The van der Waals surface area contributed by atoms with E-state index in [-0.39, 0.29) is 5.75 Å². The van der Waals surface area contributed by atoms with Gasteiger partial charge in [-0.3, -0.25) is 0 Å². The lowest BCUT2D eigenvalue weighted by Crippen LogP contribution is -2.27. The molecule has 0 aromatic carbocycles. The molecule has 0 amide bonds. The van der Waals surface area contributed by atoms with Crippen LogP contribution < -0.4 is 4.72 Å². The van der Waals surface area contributed by atoms with E-state index < -0.39 is 10.0 Å². The van der Waals surface area contributed by atoms with Crippen LogP contribution in [0, 0.1) is 5.92 Å². The van der Waals surface area contributed by atoms with Gasteiger partial charge >= 0.3 is 0 Å². The van der Waals surface area contributed by atoms with Crippen molar-refractivity contribution in [2.24, 2.45) is 5.92 Å². The highest BCUT2D eigenvalue weighted by Crippen LogP contribution is 2.06. The molecule has 92 valence electrons. The molecule has 0 saturated carbocycles. The topological polar surface area (TPSA) is 46.2 Å². The Bertz CT molecular complexity index is 242. The Morgan fingerprint density at radius 2 is 2.00 bits per heavy atom. The summed E-state index contributed by atoms with van der Waals surface area (Å²) in [5.41, 5.74) is 0. The third-order valence-electron chi connectivity index (χ3n) is 2.23. The molecule has 5 heteroatoms. The molecule has 3 nitrogen and oxygen atoms in total. The van der Waals surface area contributed by atoms with Crippen molar-refractivity contribution in [3.8, 4) is 0 Å². The summed E-state index contributed by atoms with van der Waals surface area (Å²) in [4.78, 5) is 0. The highest BCUT2D eigenvalue weighted by Gasteiger charge is 2.08. The first-order valence-corrected chi connectivity index (χ1v) is 7.73. The van der Waals surface area contributed by atoms with Gasteiger partial charge in [0.15, 0.2) is 0 Å². The highest BCUT2D eigenvalue weighted by molar-refractivity contribution is 7.89. The first kappa shape index (κ1) is 15.2. The monoisotopic (exact) mass is 255 g/mol. The van der Waals surface area contributed by atoms with Gasteiger partial charge in [-0.25, -0.2) is 13.1 Å². The van der Waals surface area contributed by atoms with Gasteiger partial charge in [0.1, 0.15) is 0 Å². The van der Waals surface area contributed by atoms with Gasteiger partial charge in [-0.15, -0.1) is 11.6 Å². The fourth-order valence-electron chi connectivity index (χ4n) is 1.16. The molecule has 0 rings (SSSR count). The predicted octanol–water partition coefficient (Wildman–Crippen LogP) is 2.36. The number of hydrogen-bond donors (Lipinski definition) is 1. The molecule has 0 bridgehead atoms. The van der Waals surface area contributed by atoms with Crippen molar-refractivity contribution in [3.63, 3.8) is 0 Å². The van der Waals surface area contributed by atoms with Crippen molar-refractivity contribution in [1.82, 2.24) is 4.72 Å². The molecule has 1 atom stereocenters. The van der Waals surface area contributed by atoms with Gasteiger partial charge in [-0.1, -0.05) is 20.3 Å². The van der Waals surface area contributed by atoms with Gasteiger partial charge in [0.25, 0.3) is 0 Å². The number of halogens is 1. The average molecular weight is 256 g/mol. The maximum atomic E-state index is 11.4. The summed E-state index contributed by atoms with van der Waals surface area (Å²) in [5, 5.41) is 0. The van der Waals surface area contributed by atoms with Crippen LogP contribution in [-0.4, -0.2) is 26.6 Å². The number of sulfonamides is 1. The molecule has 1 N–H and O–H groups in total. The lowest BCUT2D eigenvalue weighted by Gasteiger charge is -2.08. The van der Waals surface area contributed by atoms with Crippen molar-refractivity contribution in [2.45, 2.75) is 39.5 Å². The fourth-order valence-corrected chi connectivity index (χ4v) is 2.58. The summed E-state index contributed by atoms with van der Waals surface area (Å²) in [6.45, 7) is 4.59. The van der Waals surface area contributed by atoms with Crippen LogP contribution in [0.4, 0.5) is 0 Å². The summed E-state index contributed by atoms with van der Waals surface area (Å²) >= 11 is 5.65. The molecule has 15 heavy (non-hydrogen) atoms. The molecule has 0 aliphatic heterocycles. The van der Waals surface area contributed by atoms with Crippen molar-refractivity contribution in [2.75, 3.05) is 18.2 Å². The molecule has 0 spiro atoms. The molecule has 0 aromatic heterocycles. The zero-order valence-corrected chi connectivity index (χ0v) is 11.2. The van der Waals surface area contributed by atoms with Crippen LogP contribution in [0.15, 0.2) is 0 Å². The van der Waals surface area contributed by atoms with Crippen LogP contribution in [0.25, 0.3) is 0 Å². The van der Waals surface area contributed by atoms with Gasteiger partial charge < -0.3 is 0 Å². The van der Waals surface area contributed by atoms with Crippen molar-refractivity contribution in [1.29, 1.82) is 0 Å². The second-order valence-corrected chi connectivity index (χ2v) is 6.20. The Balaban J connectivity index is 3.57. The number of nitrogens with one attached hydrogen (secondary N) is 1. The van der Waals surface area contributed by atoms with E-state index in [2.05, 4.69) is 11.6 Å². The smallest absolute Gasteiger partial charge is 0.211 e. The van der Waals surface area contributed by atoms with Gasteiger partial charge in [-0.05, 0) is 25.2 Å². The largest absolute Gasteiger partial charge is 0.215 e. The summed E-state index contributed by atoms with van der Waals surface area (Å²) in [6, 6.07) is 0. The van der Waals surface area contributed by atoms with E-state index in [1.807, 2.05) is 6.92 Å². The molecule has 0 heterocycles. The van der Waals surface area contributed by atoms with E-state index >= 15 is 0 Å². The van der Waals surface area contributed by atoms with Crippen molar-refractivity contribution in [3.05, 3.63) is 0 Å². The van der Waals surface area contributed by atoms with Crippen molar-refractivity contribution >= 4 is 21.6 Å². The lowest BCUT2D eigenvalue weighted by molar-refractivity contribution is 0.542. The van der Waals surface area contributed by atoms with E-state index in [4.69, 9.17) is 11.6 Å². The van der Waals surface area contributed by atoms with Crippen molar-refractivity contribution < 1.29 is 8.42 Å². The number of alkyl halides is 1. The molecular formula is C10H22ClNO2S. The minimum absolute atomic E-state index is 0.245. The van der Waals surface area contributed by atoms with Crippen LogP contribution in [-0.2, 0) is 10.0 Å². The first-order valence-electron chi connectivity index (χ1n) is 5.55. The Morgan fingerprint density at radius 1 is 1.33 bits per heavy atom. The van der Waals surface area contributed by atoms with E-state index in [0.717, 1.165) is 25.7 Å². The standard InChI is InChI=1S/C10H22ClNO2S/c1-3-4-8-15(13,14)12-7-5-6-10(2)9-11/h10,12H,3-9H2,1-2H3. The van der Waals surface area contributed by atoms with Gasteiger partial charge in [-0.2, -0.15) is 0 Å². The van der Waals surface area contributed by atoms with Gasteiger partial charge in [0.2, 0.25) is 10.0 Å². The normalized spacial score (nSPS) is 14.1. The Hall–Kier alpha value is 0.200. The van der Waals surface area contributed by atoms with Gasteiger partial charge in [0, 0.05) is 12.4 Å². The van der Waals surface area contributed by atoms with Crippen LogP contribution in [0.1, 0.15) is 39.5 Å². The third-order valence-corrected chi connectivity index (χ3v) is 4.22. The molecule has 1 unspecified atom stereocenters. The fraction of sp³-hybridized carbons (Fsp3) is 1.00. The molecular weight excluding hydrogens is 234 g/mol. The quantitative estimate of drug-likeness (QED) is 0.508. The Morgan fingerprint density at radius 3 is 2.53 bits per heavy atom. The summed E-state index contributed by atoms with van der Waals surface area (Å²) in [6.07, 6.45) is 3.47. The molecule has 0 radical (unpaired) electrons. The maximum Gasteiger partial charge on any atom is 0.211 e. The molecule has 0 aliphatic rings. The molecule has 0 saturated heterocycles. The molecule has 0 aliphatic carbocycles. The first-order chi connectivity index (χ1) is 7.02. The number of rotatable bonds is 9. The minimum atomic E-state index is -3.03. The zero-order chi connectivity index (χ0) is 11.7. The molecule has 0 aromatic rings. The SMILES string of the molecule is CCCCS(=O)(=O)NCCCC(C)CCl. The second-order valence-electron chi connectivity index (χ2n) is 3.97. The van der Waals surface area contributed by atoms with Crippen LogP contribution in [0.2, 0.25) is 0 Å². The van der Waals surface area contributed by atoms with Crippen LogP contribution >= 0.6 is 11.6 Å². The zero-order valence-electron chi connectivity index (χ0n) is 9.63. The van der Waals surface area contributed by atoms with E-state index in [9.17, 15) is 8.42 Å². The number of unbranched alkanes of at least 4 members (excludes halogenated alkanes) is 1. The van der Waals surface area contributed by atoms with E-state index in [1.54, 1.807) is 0 Å². The average Bonchev–Trinajstić information content (AvgIpc) is 2.21. The van der Waals surface area contributed by atoms with Crippen LogP contribution in [0.3, 0.4) is 0 Å². The number of hydrogen-bond acceptors (Lipinski definition) is 2.